The Morgan fingerprint density at radius 1 is 0.571 bits per heavy atom. The molecule has 3 aromatic carbocycles. The smallest absolute Gasteiger partial charge is 0.424 e. The van der Waals surface area contributed by atoms with Gasteiger partial charge in [0.25, 0.3) is 0 Å². The van der Waals surface area contributed by atoms with Crippen LogP contribution in [0, 0.1) is 0 Å². The van der Waals surface area contributed by atoms with Gasteiger partial charge in [-0.1, -0.05) is 91.0 Å². The molecule has 3 aromatic rings. The van der Waals surface area contributed by atoms with Crippen LogP contribution in [-0.2, 0) is 43.5 Å². The molecule has 0 radical (unpaired) electrons. The maximum atomic E-state index is 12.1. The molecule has 0 bridgehead atoms. The maximum Gasteiger partial charge on any atom is 0.509 e. The number of hydrogen-bond donors (Lipinski definition) is 1. The van der Waals surface area contributed by atoms with Crippen molar-refractivity contribution in [1.82, 2.24) is 0 Å². The van der Waals surface area contributed by atoms with Crippen molar-refractivity contribution in [2.24, 2.45) is 0 Å². The Kier molecular flexibility index (Phi) is 7.39. The monoisotopic (exact) mass is 476 g/mol. The van der Waals surface area contributed by atoms with Gasteiger partial charge in [-0.25, -0.2) is 4.79 Å². The average Bonchev–Trinajstić information content (AvgIpc) is 3.30. The first kappa shape index (κ1) is 23.5. The third-order valence-corrected chi connectivity index (χ3v) is 6.29. The molecular formula is C28H28O7. The Bertz CT molecular complexity index is 1080. The van der Waals surface area contributed by atoms with Crippen LogP contribution in [0.3, 0.4) is 0 Å². The Morgan fingerprint density at radius 3 is 1.46 bits per heavy atom. The van der Waals surface area contributed by atoms with Crippen molar-refractivity contribution >= 4 is 6.16 Å². The van der Waals surface area contributed by atoms with Crippen molar-refractivity contribution in [1.29, 1.82) is 0 Å². The Labute approximate surface area is 204 Å². The number of fused-ring (bicyclic) bond motifs is 1. The van der Waals surface area contributed by atoms with E-state index in [0.29, 0.717) is 0 Å². The van der Waals surface area contributed by atoms with E-state index in [1.54, 1.807) is 0 Å². The Morgan fingerprint density at radius 2 is 0.971 bits per heavy atom. The van der Waals surface area contributed by atoms with Crippen LogP contribution in [0.25, 0.3) is 0 Å². The van der Waals surface area contributed by atoms with E-state index in [-0.39, 0.29) is 19.8 Å². The molecule has 0 aromatic heterocycles. The Balaban J connectivity index is 1.41. The number of carbonyl (C=O) groups excluding carboxylic acids is 1. The molecule has 2 fully saturated rings. The molecule has 7 heteroatoms. The van der Waals surface area contributed by atoms with Crippen LogP contribution in [0.1, 0.15) is 16.7 Å². The average molecular weight is 477 g/mol. The lowest BCUT2D eigenvalue weighted by molar-refractivity contribution is -0.241. The van der Waals surface area contributed by atoms with Crippen molar-refractivity contribution in [3.63, 3.8) is 0 Å². The second kappa shape index (κ2) is 11.0. The quantitative estimate of drug-likeness (QED) is 0.467. The second-order valence-corrected chi connectivity index (χ2v) is 8.69. The van der Waals surface area contributed by atoms with E-state index in [1.807, 2.05) is 91.0 Å². The van der Waals surface area contributed by atoms with Gasteiger partial charge in [0.05, 0.1) is 19.8 Å². The summed E-state index contributed by atoms with van der Waals surface area (Å²) in [6.45, 7) is 0.811. The fourth-order valence-corrected chi connectivity index (χ4v) is 4.53. The predicted octanol–water partition coefficient (Wildman–Crippen LogP) is 4.02. The molecule has 7 nitrogen and oxygen atoms in total. The number of hydrogen-bond acceptors (Lipinski definition) is 7. The summed E-state index contributed by atoms with van der Waals surface area (Å²) < 4.78 is 29.6. The zero-order valence-electron chi connectivity index (χ0n) is 19.1. The summed E-state index contributed by atoms with van der Waals surface area (Å²) in [5.74, 6) is 0. The first-order valence-corrected chi connectivity index (χ1v) is 11.7. The highest BCUT2D eigenvalue weighted by molar-refractivity contribution is 5.63. The van der Waals surface area contributed by atoms with E-state index in [9.17, 15) is 9.90 Å². The van der Waals surface area contributed by atoms with Crippen molar-refractivity contribution in [2.45, 2.75) is 56.4 Å². The molecule has 1 aliphatic heterocycles. The number of ether oxygens (including phenoxy) is 5. The van der Waals surface area contributed by atoms with Gasteiger partial charge in [-0.3, -0.25) is 0 Å². The van der Waals surface area contributed by atoms with Gasteiger partial charge >= 0.3 is 6.16 Å². The summed E-state index contributed by atoms with van der Waals surface area (Å²) in [6.07, 6.45) is -5.95. The second-order valence-electron chi connectivity index (χ2n) is 8.69. The number of carbonyl (C=O) groups is 1. The summed E-state index contributed by atoms with van der Waals surface area (Å²) in [6, 6.07) is 29.1. The summed E-state index contributed by atoms with van der Waals surface area (Å²) in [5.41, 5.74) is 2.88. The lowest BCUT2D eigenvalue weighted by Crippen LogP contribution is -2.64. The molecular weight excluding hydrogens is 448 g/mol. The topological polar surface area (TPSA) is 83.5 Å². The summed E-state index contributed by atoms with van der Waals surface area (Å²) in [5, 5.41) is 11.2. The molecule has 0 spiro atoms. The normalized spacial score (nSPS) is 27.6. The minimum atomic E-state index is -1.15. The van der Waals surface area contributed by atoms with Crippen LogP contribution < -0.4 is 0 Å². The van der Waals surface area contributed by atoms with E-state index in [1.165, 1.54) is 0 Å². The number of benzene rings is 3. The van der Waals surface area contributed by atoms with Crippen LogP contribution in [0.4, 0.5) is 4.79 Å². The lowest BCUT2D eigenvalue weighted by Gasteiger charge is -2.44. The minimum Gasteiger partial charge on any atom is -0.424 e. The van der Waals surface area contributed by atoms with E-state index < -0.39 is 42.8 Å². The molecule has 1 saturated heterocycles. The van der Waals surface area contributed by atoms with Gasteiger partial charge in [-0.2, -0.15) is 0 Å². The highest BCUT2D eigenvalue weighted by Gasteiger charge is 2.59. The van der Waals surface area contributed by atoms with Crippen LogP contribution in [0.15, 0.2) is 91.0 Å². The van der Waals surface area contributed by atoms with Crippen molar-refractivity contribution in [2.75, 3.05) is 0 Å². The van der Waals surface area contributed by atoms with Gasteiger partial charge in [-0.15, -0.1) is 0 Å². The molecule has 35 heavy (non-hydrogen) atoms. The number of rotatable bonds is 9. The van der Waals surface area contributed by atoms with Gasteiger partial charge < -0.3 is 28.8 Å². The summed E-state index contributed by atoms with van der Waals surface area (Å²) in [7, 11) is 0. The minimum absolute atomic E-state index is 0.255. The fourth-order valence-electron chi connectivity index (χ4n) is 4.53. The first-order valence-electron chi connectivity index (χ1n) is 11.7. The highest BCUT2D eigenvalue weighted by Crippen LogP contribution is 2.36. The first-order chi connectivity index (χ1) is 17.2. The van der Waals surface area contributed by atoms with Crippen molar-refractivity contribution in [3.05, 3.63) is 108 Å². The fraction of sp³-hybridized carbons (Fsp3) is 0.321. The summed E-state index contributed by atoms with van der Waals surface area (Å²) in [4.78, 5) is 12.1. The lowest BCUT2D eigenvalue weighted by atomic mass is 9.84. The van der Waals surface area contributed by atoms with E-state index >= 15 is 0 Å². The van der Waals surface area contributed by atoms with Gasteiger partial charge in [-0.05, 0) is 16.7 Å². The molecule has 1 aliphatic carbocycles. The van der Waals surface area contributed by atoms with Crippen LogP contribution >= 0.6 is 0 Å². The van der Waals surface area contributed by atoms with E-state index in [0.717, 1.165) is 16.7 Å². The highest BCUT2D eigenvalue weighted by atomic mass is 16.8. The van der Waals surface area contributed by atoms with Crippen LogP contribution in [0.2, 0.25) is 0 Å². The molecule has 6 atom stereocenters. The van der Waals surface area contributed by atoms with Gasteiger partial charge in [0.1, 0.15) is 24.4 Å². The van der Waals surface area contributed by atoms with E-state index in [2.05, 4.69) is 0 Å². The molecule has 5 rings (SSSR count). The van der Waals surface area contributed by atoms with Crippen LogP contribution in [0.5, 0.6) is 0 Å². The van der Waals surface area contributed by atoms with Crippen molar-refractivity contribution in [3.8, 4) is 0 Å². The molecule has 3 unspecified atom stereocenters. The Hall–Kier alpha value is -3.23. The molecule has 2 aliphatic rings. The molecule has 182 valence electrons. The summed E-state index contributed by atoms with van der Waals surface area (Å²) >= 11 is 0. The zero-order valence-corrected chi connectivity index (χ0v) is 19.1. The van der Waals surface area contributed by atoms with Crippen molar-refractivity contribution < 1.29 is 33.6 Å². The van der Waals surface area contributed by atoms with Crippen LogP contribution in [-0.4, -0.2) is 47.9 Å². The molecule has 0 amide bonds. The van der Waals surface area contributed by atoms with Gasteiger partial charge in [0, 0.05) is 0 Å². The number of aliphatic hydroxyl groups excluding tert-OH is 1. The third kappa shape index (κ3) is 5.55. The molecule has 1 saturated carbocycles. The van der Waals surface area contributed by atoms with E-state index in [4.69, 9.17) is 23.7 Å². The number of aliphatic hydroxyl groups is 1. The zero-order chi connectivity index (χ0) is 24.0. The maximum absolute atomic E-state index is 12.1. The van der Waals surface area contributed by atoms with Gasteiger partial charge in [0.2, 0.25) is 0 Å². The molecule has 1 heterocycles. The molecule has 1 N–H and O–H groups in total. The largest absolute Gasteiger partial charge is 0.509 e. The SMILES string of the molecule is O=C1OC2[C@H](O1)C(OCc1ccccc1)C(OCc1ccccc1)[C@H](OCc1ccccc1)[C@@H]2O. The third-order valence-electron chi connectivity index (χ3n) is 6.29. The standard InChI is InChI=1S/C28H28O7/c29-22-23(31-16-19-10-4-1-5-11-19)25(32-17-20-12-6-2-7-13-20)26(27-24(22)34-28(30)35-27)33-18-21-14-8-3-9-15-21/h1-15,22-27,29H,16-18H2/t22-,23+,24?,25?,26?,27-/m0/s1. The predicted molar refractivity (Wildman–Crippen MR) is 126 cm³/mol. The van der Waals surface area contributed by atoms with Gasteiger partial charge in [0.15, 0.2) is 12.2 Å².